The molecule has 0 fully saturated rings. The molecule has 2 aromatic carbocycles. The van der Waals surface area contributed by atoms with Crippen molar-refractivity contribution in [2.24, 2.45) is 4.99 Å². The third-order valence-corrected chi connectivity index (χ3v) is 5.89. The number of pyridine rings is 1. The Labute approximate surface area is 222 Å². The van der Waals surface area contributed by atoms with Gasteiger partial charge in [-0.2, -0.15) is 13.2 Å². The second-order valence-corrected chi connectivity index (χ2v) is 9.30. The van der Waals surface area contributed by atoms with E-state index >= 15 is 0 Å². The molecule has 1 amide bonds. The van der Waals surface area contributed by atoms with E-state index in [0.717, 1.165) is 17.6 Å². The molecule has 0 radical (unpaired) electrons. The first-order valence-electron chi connectivity index (χ1n) is 12.3. The molecule has 5 rings (SSSR count). The van der Waals surface area contributed by atoms with Crippen LogP contribution in [0, 0.1) is 0 Å². The summed E-state index contributed by atoms with van der Waals surface area (Å²) in [5, 5.41) is 6.63. The summed E-state index contributed by atoms with van der Waals surface area (Å²) in [4.78, 5) is 25.2. The molecule has 2 heterocycles. The van der Waals surface area contributed by atoms with Gasteiger partial charge >= 0.3 is 6.18 Å². The highest BCUT2D eigenvalue weighted by atomic mass is 19.4. The molecular weight excluding hydrogens is 505 g/mol. The number of carbonyl (C=O) groups is 1. The fourth-order valence-electron chi connectivity index (χ4n) is 4.28. The van der Waals surface area contributed by atoms with E-state index in [1.165, 1.54) is 19.1 Å². The number of para-hydroxylation sites is 2. The van der Waals surface area contributed by atoms with Crippen LogP contribution in [0.2, 0.25) is 0 Å². The summed E-state index contributed by atoms with van der Waals surface area (Å²) < 4.78 is 41.6. The zero-order chi connectivity index (χ0) is 27.7. The van der Waals surface area contributed by atoms with Crippen molar-refractivity contribution in [1.29, 1.82) is 0 Å². The minimum absolute atomic E-state index is 0.0313. The Balaban J connectivity index is 1.69. The first-order valence-corrected chi connectivity index (χ1v) is 12.3. The number of anilines is 3. The molecule has 0 unspecified atom stereocenters. The number of alkyl halides is 3. The zero-order valence-electron chi connectivity index (χ0n) is 21.4. The van der Waals surface area contributed by atoms with Crippen molar-refractivity contribution in [3.63, 3.8) is 0 Å². The lowest BCUT2D eigenvalue weighted by Gasteiger charge is -2.21. The fraction of sp³-hybridized carbons (Fsp3) is 0.172. The third-order valence-electron chi connectivity index (χ3n) is 5.89. The van der Waals surface area contributed by atoms with Gasteiger partial charge in [-0.15, -0.1) is 0 Å². The molecule has 1 aliphatic carbocycles. The number of benzene rings is 3. The number of aromatic nitrogens is 3. The van der Waals surface area contributed by atoms with Gasteiger partial charge in [0, 0.05) is 18.7 Å². The average Bonchev–Trinajstić information content (AvgIpc) is 2.88. The van der Waals surface area contributed by atoms with Crippen LogP contribution in [0.5, 0.6) is 0 Å². The summed E-state index contributed by atoms with van der Waals surface area (Å²) in [7, 11) is 0. The molecule has 0 saturated heterocycles. The highest BCUT2D eigenvalue weighted by molar-refractivity contribution is 5.88. The van der Waals surface area contributed by atoms with E-state index in [0.29, 0.717) is 45.1 Å². The molecule has 0 spiro atoms. The van der Waals surface area contributed by atoms with Gasteiger partial charge < -0.3 is 15.2 Å². The molecule has 0 bridgehead atoms. The number of amides is 1. The van der Waals surface area contributed by atoms with Crippen molar-refractivity contribution in [2.45, 2.75) is 33.0 Å². The van der Waals surface area contributed by atoms with E-state index in [9.17, 15) is 18.0 Å². The molecule has 1 aliphatic heterocycles. The quantitative estimate of drug-likeness (QED) is 0.252. The predicted octanol–water partition coefficient (Wildman–Crippen LogP) is 6.56. The van der Waals surface area contributed by atoms with E-state index in [2.05, 4.69) is 15.6 Å². The summed E-state index contributed by atoms with van der Waals surface area (Å²) in [6.45, 7) is 5.33. The number of hydrogen-bond donors (Lipinski definition) is 2. The molecule has 2 N–H and O–H groups in total. The van der Waals surface area contributed by atoms with Crippen LogP contribution in [-0.2, 0) is 11.0 Å². The number of nitrogens with zero attached hydrogens (tertiary/aromatic N) is 4. The van der Waals surface area contributed by atoms with Crippen molar-refractivity contribution in [2.75, 3.05) is 10.6 Å². The average molecular weight is 531 g/mol. The number of nitrogens with one attached hydrogen (secondary N) is 2. The predicted molar refractivity (Wildman–Crippen MR) is 145 cm³/mol. The lowest BCUT2D eigenvalue weighted by atomic mass is 10.1. The minimum atomic E-state index is -4.43. The van der Waals surface area contributed by atoms with E-state index in [4.69, 9.17) is 9.98 Å². The van der Waals surface area contributed by atoms with Crippen molar-refractivity contribution >= 4 is 34.1 Å². The smallest absolute Gasteiger partial charge is 0.352 e. The van der Waals surface area contributed by atoms with Crippen LogP contribution in [0.4, 0.5) is 30.4 Å². The van der Waals surface area contributed by atoms with Crippen LogP contribution in [0.1, 0.15) is 26.3 Å². The van der Waals surface area contributed by atoms with Gasteiger partial charge in [0.25, 0.3) is 0 Å². The number of rotatable bonds is 5. The Hall–Kier alpha value is -4.73. The molecular formula is C29H25F3N6O. The number of fused-ring (bicyclic) bond motifs is 2. The third kappa shape index (κ3) is 5.59. The van der Waals surface area contributed by atoms with Gasteiger partial charge in [-0.3, -0.25) is 9.79 Å². The van der Waals surface area contributed by atoms with E-state index in [1.54, 1.807) is 18.3 Å². The lowest BCUT2D eigenvalue weighted by Crippen LogP contribution is -2.16. The molecule has 198 valence electrons. The Morgan fingerprint density at radius 3 is 2.38 bits per heavy atom. The molecule has 0 atom stereocenters. The highest BCUT2D eigenvalue weighted by Gasteiger charge is 2.30. The summed E-state index contributed by atoms with van der Waals surface area (Å²) in [5.74, 6) is 0.222. The molecule has 3 aromatic rings. The normalized spacial score (nSPS) is 12.3. The maximum absolute atomic E-state index is 13.2. The summed E-state index contributed by atoms with van der Waals surface area (Å²) in [6, 6.07) is 19.7. The highest BCUT2D eigenvalue weighted by Crippen LogP contribution is 2.33. The SMILES string of the molecule is CC(=O)Nc1ccc(Nc2cc3nc4ccccc4n(-c4ccc(C(F)(F)F)cc4)c-3c/c2=N\C(C)C)cn1. The van der Waals surface area contributed by atoms with Crippen molar-refractivity contribution in [3.05, 3.63) is 89.9 Å². The van der Waals surface area contributed by atoms with Crippen LogP contribution in [0.15, 0.2) is 84.0 Å². The van der Waals surface area contributed by atoms with Gasteiger partial charge in [0.2, 0.25) is 5.91 Å². The van der Waals surface area contributed by atoms with Crippen molar-refractivity contribution < 1.29 is 18.0 Å². The Kier molecular flexibility index (Phi) is 6.78. The second kappa shape index (κ2) is 10.2. The second-order valence-electron chi connectivity index (χ2n) is 9.30. The largest absolute Gasteiger partial charge is 0.416 e. The molecule has 7 nitrogen and oxygen atoms in total. The first-order chi connectivity index (χ1) is 18.6. The van der Waals surface area contributed by atoms with Gasteiger partial charge in [0.05, 0.1) is 50.9 Å². The lowest BCUT2D eigenvalue weighted by molar-refractivity contribution is -0.137. The van der Waals surface area contributed by atoms with E-state index in [1.807, 2.05) is 54.8 Å². The maximum atomic E-state index is 13.2. The fourth-order valence-corrected chi connectivity index (χ4v) is 4.28. The Bertz CT molecular complexity index is 1690. The molecule has 10 heteroatoms. The van der Waals surface area contributed by atoms with Crippen LogP contribution in [0.25, 0.3) is 28.1 Å². The number of hydrogen-bond acceptors (Lipinski definition) is 5. The molecule has 0 saturated carbocycles. The van der Waals surface area contributed by atoms with Crippen LogP contribution in [-0.4, -0.2) is 26.5 Å². The summed E-state index contributed by atoms with van der Waals surface area (Å²) in [5.41, 5.74) is 3.98. The van der Waals surface area contributed by atoms with Gasteiger partial charge in [-0.25, -0.2) is 9.97 Å². The first kappa shape index (κ1) is 25.9. The number of carbonyl (C=O) groups excluding carboxylic acids is 1. The summed E-state index contributed by atoms with van der Waals surface area (Å²) in [6.07, 6.45) is -2.82. The van der Waals surface area contributed by atoms with Crippen molar-refractivity contribution in [1.82, 2.24) is 14.5 Å². The maximum Gasteiger partial charge on any atom is 0.416 e. The van der Waals surface area contributed by atoms with Crippen LogP contribution < -0.4 is 16.0 Å². The Morgan fingerprint density at radius 2 is 1.74 bits per heavy atom. The number of halogens is 3. The topological polar surface area (TPSA) is 84.2 Å². The van der Waals surface area contributed by atoms with E-state index < -0.39 is 11.7 Å². The molecule has 39 heavy (non-hydrogen) atoms. The standard InChI is InChI=1S/C29H25F3N6O/c1-17(2)34-24-15-27-25(14-23(24)36-20-10-13-28(33-16-20)35-18(3)39)37-22-6-4-5-7-26(22)38(27)21-11-8-19(9-12-21)29(30,31)32/h4-17,36H,1-3H3,(H,33,35,39)/b34-24+. The van der Waals surface area contributed by atoms with Gasteiger partial charge in [-0.1, -0.05) is 12.1 Å². The van der Waals surface area contributed by atoms with Crippen LogP contribution in [0.3, 0.4) is 0 Å². The molecule has 1 aromatic heterocycles. The minimum Gasteiger partial charge on any atom is -0.352 e. The van der Waals surface area contributed by atoms with Gasteiger partial charge in [0.1, 0.15) is 5.82 Å². The Morgan fingerprint density at radius 1 is 1.00 bits per heavy atom. The van der Waals surface area contributed by atoms with Gasteiger partial charge in [-0.05, 0) is 74.5 Å². The monoisotopic (exact) mass is 530 g/mol. The summed E-state index contributed by atoms with van der Waals surface area (Å²) >= 11 is 0. The molecule has 2 aliphatic rings. The van der Waals surface area contributed by atoms with Crippen LogP contribution >= 0.6 is 0 Å². The van der Waals surface area contributed by atoms with E-state index in [-0.39, 0.29) is 11.9 Å². The zero-order valence-corrected chi connectivity index (χ0v) is 21.4. The van der Waals surface area contributed by atoms with Gasteiger partial charge in [0.15, 0.2) is 0 Å². The van der Waals surface area contributed by atoms with Crippen molar-refractivity contribution in [3.8, 4) is 17.1 Å².